The van der Waals surface area contributed by atoms with Gasteiger partial charge in [-0.1, -0.05) is 12.1 Å². The molecule has 0 saturated heterocycles. The van der Waals surface area contributed by atoms with Crippen LogP contribution in [0, 0.1) is 27.3 Å². The van der Waals surface area contributed by atoms with Gasteiger partial charge in [0.2, 0.25) is 0 Å². The van der Waals surface area contributed by atoms with Crippen LogP contribution < -0.4 is 10.5 Å². The van der Waals surface area contributed by atoms with Gasteiger partial charge in [-0.05, 0) is 18.2 Å². The van der Waals surface area contributed by atoms with Crippen LogP contribution in [0.1, 0.15) is 11.1 Å². The van der Waals surface area contributed by atoms with Crippen molar-refractivity contribution in [2.24, 2.45) is 0 Å². The standard InChI is InChI=1S/C14H10FN3O3/c15-11-6-9(7-16)4-5-13(11)21-8-10-2-1-3-12(14(10)17)18(19)20/h1-6H,8,17H2. The van der Waals surface area contributed by atoms with Gasteiger partial charge in [0.15, 0.2) is 11.6 Å². The van der Waals surface area contributed by atoms with Crippen LogP contribution in [0.4, 0.5) is 15.8 Å². The molecule has 6 nitrogen and oxygen atoms in total. The molecule has 7 heteroatoms. The van der Waals surface area contributed by atoms with Crippen molar-refractivity contribution in [3.05, 3.63) is 63.5 Å². The lowest BCUT2D eigenvalue weighted by Crippen LogP contribution is -2.04. The fourth-order valence-corrected chi connectivity index (χ4v) is 1.73. The number of benzene rings is 2. The predicted molar refractivity (Wildman–Crippen MR) is 73.0 cm³/mol. The SMILES string of the molecule is N#Cc1ccc(OCc2cccc([N+](=O)[O-])c2N)c(F)c1. The lowest BCUT2D eigenvalue weighted by molar-refractivity contribution is -0.384. The minimum absolute atomic E-state index is 0.0171. The molecule has 0 fully saturated rings. The van der Waals surface area contributed by atoms with Crippen LogP contribution in [0.25, 0.3) is 0 Å². The Hall–Kier alpha value is -3.14. The Kier molecular flexibility index (Phi) is 4.00. The number of nitrogens with zero attached hydrogens (tertiary/aromatic N) is 2. The highest BCUT2D eigenvalue weighted by Crippen LogP contribution is 2.26. The molecule has 2 aromatic carbocycles. The highest BCUT2D eigenvalue weighted by Gasteiger charge is 2.15. The average molecular weight is 287 g/mol. The molecule has 0 aliphatic carbocycles. The first-order valence-corrected chi connectivity index (χ1v) is 5.87. The van der Waals surface area contributed by atoms with Crippen LogP contribution in [0.15, 0.2) is 36.4 Å². The molecule has 0 aliphatic heterocycles. The van der Waals surface area contributed by atoms with E-state index in [1.54, 1.807) is 6.07 Å². The second-order valence-corrected chi connectivity index (χ2v) is 4.15. The van der Waals surface area contributed by atoms with Crippen molar-refractivity contribution in [3.8, 4) is 11.8 Å². The van der Waals surface area contributed by atoms with E-state index in [9.17, 15) is 14.5 Å². The summed E-state index contributed by atoms with van der Waals surface area (Å²) in [6.45, 7) is -0.115. The van der Waals surface area contributed by atoms with E-state index in [0.717, 1.165) is 6.07 Å². The van der Waals surface area contributed by atoms with Crippen molar-refractivity contribution in [1.29, 1.82) is 5.26 Å². The Labute approximate surface area is 119 Å². The molecular weight excluding hydrogens is 277 g/mol. The summed E-state index contributed by atoms with van der Waals surface area (Å²) >= 11 is 0. The number of nitro groups is 1. The average Bonchev–Trinajstić information content (AvgIpc) is 2.46. The van der Waals surface area contributed by atoms with Gasteiger partial charge in [-0.15, -0.1) is 0 Å². The van der Waals surface area contributed by atoms with Gasteiger partial charge >= 0.3 is 0 Å². The molecule has 0 heterocycles. The summed E-state index contributed by atoms with van der Waals surface area (Å²) in [7, 11) is 0. The number of nitriles is 1. The fourth-order valence-electron chi connectivity index (χ4n) is 1.73. The van der Waals surface area contributed by atoms with Gasteiger partial charge < -0.3 is 10.5 Å². The predicted octanol–water partition coefficient (Wildman–Crippen LogP) is 2.77. The third-order valence-electron chi connectivity index (χ3n) is 2.81. The summed E-state index contributed by atoms with van der Waals surface area (Å²) in [5.41, 5.74) is 5.99. The molecule has 21 heavy (non-hydrogen) atoms. The van der Waals surface area contributed by atoms with E-state index < -0.39 is 10.7 Å². The van der Waals surface area contributed by atoms with Crippen LogP contribution in [0.5, 0.6) is 5.75 Å². The topological polar surface area (TPSA) is 102 Å². The monoisotopic (exact) mass is 287 g/mol. The Morgan fingerprint density at radius 2 is 2.14 bits per heavy atom. The molecule has 0 unspecified atom stereocenters. The Bertz CT molecular complexity index is 741. The molecule has 0 aliphatic rings. The van der Waals surface area contributed by atoms with Crippen LogP contribution in [0.3, 0.4) is 0 Å². The van der Waals surface area contributed by atoms with Gasteiger partial charge in [0.25, 0.3) is 5.69 Å². The summed E-state index contributed by atoms with van der Waals surface area (Å²) in [5.74, 6) is -0.738. The van der Waals surface area contributed by atoms with Gasteiger partial charge in [-0.3, -0.25) is 10.1 Å². The molecule has 0 aromatic heterocycles. The quantitative estimate of drug-likeness (QED) is 0.529. The van der Waals surface area contributed by atoms with Crippen molar-refractivity contribution >= 4 is 11.4 Å². The van der Waals surface area contributed by atoms with E-state index in [1.807, 2.05) is 6.07 Å². The molecule has 0 atom stereocenters. The molecule has 2 rings (SSSR count). The zero-order valence-electron chi connectivity index (χ0n) is 10.7. The number of hydrogen-bond acceptors (Lipinski definition) is 5. The highest BCUT2D eigenvalue weighted by atomic mass is 19.1. The zero-order chi connectivity index (χ0) is 15.4. The van der Waals surface area contributed by atoms with Gasteiger partial charge in [-0.2, -0.15) is 5.26 Å². The molecular formula is C14H10FN3O3. The molecule has 106 valence electrons. The number of ether oxygens (including phenoxy) is 1. The lowest BCUT2D eigenvalue weighted by Gasteiger charge is -2.09. The lowest BCUT2D eigenvalue weighted by atomic mass is 10.1. The van der Waals surface area contributed by atoms with Crippen LogP contribution in [-0.2, 0) is 6.61 Å². The first kappa shape index (κ1) is 14.3. The maximum atomic E-state index is 13.6. The van der Waals surface area contributed by atoms with Crippen LogP contribution >= 0.6 is 0 Å². The van der Waals surface area contributed by atoms with Crippen molar-refractivity contribution in [1.82, 2.24) is 0 Å². The Morgan fingerprint density at radius 3 is 2.76 bits per heavy atom. The number of rotatable bonds is 4. The zero-order valence-corrected chi connectivity index (χ0v) is 10.7. The minimum atomic E-state index is -0.682. The number of para-hydroxylation sites is 1. The molecule has 2 N–H and O–H groups in total. The summed E-state index contributed by atoms with van der Waals surface area (Å²) in [6, 6.07) is 9.90. The first-order valence-electron chi connectivity index (χ1n) is 5.87. The summed E-state index contributed by atoms with van der Waals surface area (Å²) < 4.78 is 18.9. The summed E-state index contributed by atoms with van der Waals surface area (Å²) in [4.78, 5) is 10.2. The third kappa shape index (κ3) is 3.06. The maximum absolute atomic E-state index is 13.6. The normalized spacial score (nSPS) is 9.90. The fraction of sp³-hybridized carbons (Fsp3) is 0.0714. The Morgan fingerprint density at radius 1 is 1.38 bits per heavy atom. The number of nitrogen functional groups attached to an aromatic ring is 1. The van der Waals surface area contributed by atoms with Gasteiger partial charge in [0.05, 0.1) is 16.6 Å². The second kappa shape index (κ2) is 5.88. The smallest absolute Gasteiger partial charge is 0.292 e. The number of hydrogen-bond donors (Lipinski definition) is 1. The number of nitrogens with two attached hydrogens (primary N) is 1. The van der Waals surface area contributed by atoms with Crippen LogP contribution in [0.2, 0.25) is 0 Å². The largest absolute Gasteiger partial charge is 0.486 e. The third-order valence-corrected chi connectivity index (χ3v) is 2.81. The molecule has 0 spiro atoms. The van der Waals surface area contributed by atoms with E-state index in [2.05, 4.69) is 0 Å². The number of nitro benzene ring substituents is 1. The molecule has 0 saturated carbocycles. The van der Waals surface area contributed by atoms with Gasteiger partial charge in [0, 0.05) is 11.6 Å². The summed E-state index contributed by atoms with van der Waals surface area (Å²) in [5, 5.41) is 19.4. The number of anilines is 1. The van der Waals surface area contributed by atoms with E-state index in [-0.39, 0.29) is 29.3 Å². The molecule has 0 bridgehead atoms. The maximum Gasteiger partial charge on any atom is 0.292 e. The van der Waals surface area contributed by atoms with Crippen molar-refractivity contribution in [2.75, 3.05) is 5.73 Å². The van der Waals surface area contributed by atoms with Gasteiger partial charge in [-0.25, -0.2) is 4.39 Å². The first-order chi connectivity index (χ1) is 10.0. The molecule has 0 amide bonds. The summed E-state index contributed by atoms with van der Waals surface area (Å²) in [6.07, 6.45) is 0. The van der Waals surface area contributed by atoms with E-state index in [1.165, 1.54) is 24.3 Å². The van der Waals surface area contributed by atoms with E-state index in [4.69, 9.17) is 15.7 Å². The van der Waals surface area contributed by atoms with E-state index >= 15 is 0 Å². The molecule has 2 aromatic rings. The minimum Gasteiger partial charge on any atom is -0.486 e. The van der Waals surface area contributed by atoms with Gasteiger partial charge in [0.1, 0.15) is 12.3 Å². The Balaban J connectivity index is 2.19. The molecule has 0 radical (unpaired) electrons. The van der Waals surface area contributed by atoms with Crippen molar-refractivity contribution < 1.29 is 14.1 Å². The second-order valence-electron chi connectivity index (χ2n) is 4.15. The van der Waals surface area contributed by atoms with Crippen molar-refractivity contribution in [3.63, 3.8) is 0 Å². The van der Waals surface area contributed by atoms with Crippen molar-refractivity contribution in [2.45, 2.75) is 6.61 Å². The number of halogens is 1. The van der Waals surface area contributed by atoms with E-state index in [0.29, 0.717) is 5.56 Å². The van der Waals surface area contributed by atoms with Crippen LogP contribution in [-0.4, -0.2) is 4.92 Å². The highest BCUT2D eigenvalue weighted by molar-refractivity contribution is 5.62.